The van der Waals surface area contributed by atoms with Crippen molar-refractivity contribution in [2.75, 3.05) is 13.1 Å². The average molecular weight is 413 g/mol. The first-order valence-electron chi connectivity index (χ1n) is 9.18. The fourth-order valence-corrected chi connectivity index (χ4v) is 3.82. The van der Waals surface area contributed by atoms with Crippen LogP contribution < -0.4 is 4.74 Å². The normalized spacial score (nSPS) is 24.2. The number of nitrogens with zero attached hydrogens (tertiary/aromatic N) is 3. The van der Waals surface area contributed by atoms with Crippen LogP contribution in [0.2, 0.25) is 0 Å². The first kappa shape index (κ1) is 19.7. The van der Waals surface area contributed by atoms with Gasteiger partial charge in [0.2, 0.25) is 0 Å². The summed E-state index contributed by atoms with van der Waals surface area (Å²) in [5, 5.41) is 13.9. The summed E-state index contributed by atoms with van der Waals surface area (Å²) in [6.45, 7) is 0.964. The van der Waals surface area contributed by atoms with Crippen molar-refractivity contribution in [3.63, 3.8) is 0 Å². The minimum Gasteiger partial charge on any atom is -0.487 e. The Hall–Kier alpha value is -2.62. The van der Waals surface area contributed by atoms with Gasteiger partial charge in [0.25, 0.3) is 5.91 Å². The molecule has 1 aliphatic heterocycles. The highest BCUT2D eigenvalue weighted by molar-refractivity contribution is 5.93. The first-order valence-corrected chi connectivity index (χ1v) is 9.18. The van der Waals surface area contributed by atoms with Crippen molar-refractivity contribution in [3.05, 3.63) is 47.5 Å². The summed E-state index contributed by atoms with van der Waals surface area (Å²) >= 11 is 0. The molecular formula is C19H19F4N3O3. The second-order valence-corrected chi connectivity index (χ2v) is 7.54. The van der Waals surface area contributed by atoms with E-state index in [1.807, 2.05) is 0 Å². The molecule has 1 saturated carbocycles. The lowest BCUT2D eigenvalue weighted by Gasteiger charge is -2.46. The van der Waals surface area contributed by atoms with Crippen molar-refractivity contribution in [3.8, 4) is 5.75 Å². The number of hydrogen-bond acceptors (Lipinski definition) is 4. The monoisotopic (exact) mass is 413 g/mol. The maximum absolute atomic E-state index is 13.2. The SMILES string of the molecule is O=C1c2cc(COc3cccc(F)c3)nn2CCN1CC1CC(O)(C(F)(F)F)C1. The fourth-order valence-electron chi connectivity index (χ4n) is 3.82. The van der Waals surface area contributed by atoms with Gasteiger partial charge < -0.3 is 14.7 Å². The largest absolute Gasteiger partial charge is 0.487 e. The number of halogens is 4. The van der Waals surface area contributed by atoms with E-state index >= 15 is 0 Å². The Bertz CT molecular complexity index is 922. The Kier molecular flexibility index (Phi) is 4.76. The number of alkyl halides is 3. The molecule has 0 bridgehead atoms. The topological polar surface area (TPSA) is 67.6 Å². The zero-order valence-electron chi connectivity index (χ0n) is 15.3. The quantitative estimate of drug-likeness (QED) is 0.766. The van der Waals surface area contributed by atoms with Crippen molar-refractivity contribution >= 4 is 5.91 Å². The van der Waals surface area contributed by atoms with Crippen LogP contribution in [-0.4, -0.2) is 50.6 Å². The fraction of sp³-hybridized carbons (Fsp3) is 0.474. The number of fused-ring (bicyclic) bond motifs is 1. The zero-order chi connectivity index (χ0) is 20.8. The summed E-state index contributed by atoms with van der Waals surface area (Å²) in [6.07, 6.45) is -5.44. The molecule has 29 heavy (non-hydrogen) atoms. The van der Waals surface area contributed by atoms with E-state index in [4.69, 9.17) is 4.74 Å². The molecule has 1 aliphatic carbocycles. The van der Waals surface area contributed by atoms with Crippen LogP contribution in [0.15, 0.2) is 30.3 Å². The van der Waals surface area contributed by atoms with Crippen LogP contribution in [0.25, 0.3) is 0 Å². The number of aliphatic hydroxyl groups is 1. The lowest BCUT2D eigenvalue weighted by molar-refractivity contribution is -0.299. The van der Waals surface area contributed by atoms with Crippen molar-refractivity contribution < 1.29 is 32.2 Å². The van der Waals surface area contributed by atoms with E-state index in [0.29, 0.717) is 30.2 Å². The van der Waals surface area contributed by atoms with Crippen molar-refractivity contribution in [2.45, 2.75) is 37.8 Å². The minimum absolute atomic E-state index is 0.0535. The van der Waals surface area contributed by atoms with Crippen LogP contribution in [0.3, 0.4) is 0 Å². The highest BCUT2D eigenvalue weighted by Gasteiger charge is 2.61. The Balaban J connectivity index is 1.36. The molecule has 0 atom stereocenters. The minimum atomic E-state index is -4.65. The first-order chi connectivity index (χ1) is 13.6. The Morgan fingerprint density at radius 3 is 2.69 bits per heavy atom. The van der Waals surface area contributed by atoms with Crippen LogP contribution in [0, 0.1) is 11.7 Å². The lowest BCUT2D eigenvalue weighted by atomic mass is 9.70. The Labute approximate surface area is 163 Å². The van der Waals surface area contributed by atoms with Crippen molar-refractivity contribution in [2.24, 2.45) is 5.92 Å². The van der Waals surface area contributed by atoms with Crippen molar-refractivity contribution in [1.29, 1.82) is 0 Å². The molecule has 156 valence electrons. The number of carbonyl (C=O) groups is 1. The van der Waals surface area contributed by atoms with Gasteiger partial charge in [-0.05, 0) is 37.0 Å². The molecule has 1 fully saturated rings. The summed E-state index contributed by atoms with van der Waals surface area (Å²) in [5.74, 6) is -0.795. The Morgan fingerprint density at radius 2 is 2.00 bits per heavy atom. The standard InChI is InChI=1S/C19H19F4N3O3/c20-13-2-1-3-15(6-13)29-11-14-7-16-17(27)25(4-5-26(16)24-14)10-12-8-18(28,9-12)19(21,22)23/h1-3,6-7,12,28H,4-5,8-11H2. The maximum atomic E-state index is 13.2. The summed E-state index contributed by atoms with van der Waals surface area (Å²) in [5.41, 5.74) is -1.81. The number of hydrogen-bond donors (Lipinski definition) is 1. The van der Waals surface area contributed by atoms with Gasteiger partial charge in [-0.15, -0.1) is 0 Å². The van der Waals surface area contributed by atoms with Gasteiger partial charge in [0.15, 0.2) is 5.60 Å². The van der Waals surface area contributed by atoms with Gasteiger partial charge in [-0.25, -0.2) is 4.39 Å². The molecule has 2 aromatic rings. The van der Waals surface area contributed by atoms with Gasteiger partial charge in [0, 0.05) is 19.2 Å². The number of rotatable bonds is 5. The van der Waals surface area contributed by atoms with Crippen LogP contribution in [0.5, 0.6) is 5.75 Å². The molecule has 10 heteroatoms. The second-order valence-electron chi connectivity index (χ2n) is 7.54. The van der Waals surface area contributed by atoms with Gasteiger partial charge in [-0.2, -0.15) is 18.3 Å². The van der Waals surface area contributed by atoms with Crippen molar-refractivity contribution in [1.82, 2.24) is 14.7 Å². The maximum Gasteiger partial charge on any atom is 0.417 e. The molecule has 1 aromatic heterocycles. The van der Waals surface area contributed by atoms with E-state index in [-0.39, 0.29) is 19.1 Å². The highest BCUT2D eigenvalue weighted by Crippen LogP contribution is 2.48. The molecule has 1 N–H and O–H groups in total. The van der Waals surface area contributed by atoms with Gasteiger partial charge in [0.05, 0.1) is 6.54 Å². The number of ether oxygens (including phenoxy) is 1. The average Bonchev–Trinajstić information content (AvgIpc) is 3.04. The van der Waals surface area contributed by atoms with Gasteiger partial charge in [-0.1, -0.05) is 6.07 Å². The molecule has 0 saturated heterocycles. The second kappa shape index (κ2) is 7.01. The summed E-state index contributed by atoms with van der Waals surface area (Å²) in [4.78, 5) is 14.2. The predicted octanol–water partition coefficient (Wildman–Crippen LogP) is 2.76. The lowest BCUT2D eigenvalue weighted by Crippen LogP contribution is -2.58. The van der Waals surface area contributed by atoms with E-state index in [0.717, 1.165) is 0 Å². The van der Waals surface area contributed by atoms with E-state index < -0.39 is 36.4 Å². The molecule has 2 heterocycles. The van der Waals surface area contributed by atoms with E-state index in [1.165, 1.54) is 27.8 Å². The van der Waals surface area contributed by atoms with E-state index in [2.05, 4.69) is 5.10 Å². The molecule has 1 aromatic carbocycles. The molecular weight excluding hydrogens is 394 g/mol. The third-order valence-electron chi connectivity index (χ3n) is 5.36. The summed E-state index contributed by atoms with van der Waals surface area (Å²) in [7, 11) is 0. The molecule has 1 amide bonds. The molecule has 2 aliphatic rings. The molecule has 0 unspecified atom stereocenters. The third-order valence-corrected chi connectivity index (χ3v) is 5.36. The highest BCUT2D eigenvalue weighted by atomic mass is 19.4. The predicted molar refractivity (Wildman–Crippen MR) is 92.6 cm³/mol. The zero-order valence-corrected chi connectivity index (χ0v) is 15.3. The smallest absolute Gasteiger partial charge is 0.417 e. The summed E-state index contributed by atoms with van der Waals surface area (Å²) in [6, 6.07) is 7.23. The number of carbonyl (C=O) groups excluding carboxylic acids is 1. The van der Waals surface area contributed by atoms with Gasteiger partial charge >= 0.3 is 6.18 Å². The number of aromatic nitrogens is 2. The Morgan fingerprint density at radius 1 is 1.24 bits per heavy atom. The van der Waals surface area contributed by atoms with Gasteiger partial charge in [0.1, 0.15) is 29.6 Å². The molecule has 6 nitrogen and oxygen atoms in total. The van der Waals surface area contributed by atoms with Gasteiger partial charge in [-0.3, -0.25) is 9.48 Å². The summed E-state index contributed by atoms with van der Waals surface area (Å²) < 4.78 is 58.5. The number of amides is 1. The van der Waals surface area contributed by atoms with E-state index in [9.17, 15) is 27.5 Å². The van der Waals surface area contributed by atoms with E-state index in [1.54, 1.807) is 12.1 Å². The molecule has 0 spiro atoms. The van der Waals surface area contributed by atoms with Crippen LogP contribution >= 0.6 is 0 Å². The van der Waals surface area contributed by atoms with Crippen LogP contribution in [0.1, 0.15) is 29.0 Å². The number of benzene rings is 1. The third kappa shape index (κ3) is 3.81. The van der Waals surface area contributed by atoms with Crippen LogP contribution in [-0.2, 0) is 13.2 Å². The molecule has 4 rings (SSSR count). The van der Waals surface area contributed by atoms with Crippen LogP contribution in [0.4, 0.5) is 17.6 Å². The molecule has 0 radical (unpaired) electrons.